The summed E-state index contributed by atoms with van der Waals surface area (Å²) in [7, 11) is 0. The lowest BCUT2D eigenvalue weighted by atomic mass is 9.96. The van der Waals surface area contributed by atoms with Crippen LogP contribution in [0.3, 0.4) is 0 Å². The topological polar surface area (TPSA) is 107 Å². The van der Waals surface area contributed by atoms with E-state index in [4.69, 9.17) is 15.6 Å². The highest BCUT2D eigenvalue weighted by Gasteiger charge is 2.38. The van der Waals surface area contributed by atoms with Crippen molar-refractivity contribution in [2.45, 2.75) is 32.0 Å². The molecule has 2 aliphatic heterocycles. The molecule has 1 saturated heterocycles. The average molecular weight is 363 g/mol. The minimum Gasteiger partial charge on any atom is -0.487 e. The first-order chi connectivity index (χ1) is 12.3. The molecule has 9 heteroatoms. The van der Waals surface area contributed by atoms with Crippen LogP contribution >= 0.6 is 0 Å². The van der Waals surface area contributed by atoms with Gasteiger partial charge in [0.05, 0.1) is 23.1 Å². The highest BCUT2D eigenvalue weighted by Crippen LogP contribution is 2.44. The Morgan fingerprint density at radius 2 is 2.19 bits per heavy atom. The molecule has 2 aromatic rings. The van der Waals surface area contributed by atoms with Crippen molar-refractivity contribution in [1.82, 2.24) is 4.57 Å². The number of carboxylic acid groups (broad SMARTS) is 1. The molecule has 4 rings (SSSR count). The van der Waals surface area contributed by atoms with E-state index < -0.39 is 17.4 Å². The van der Waals surface area contributed by atoms with Gasteiger partial charge in [0.2, 0.25) is 5.43 Å². The number of carbonyl (C=O) groups is 1. The first-order valence-electron chi connectivity index (χ1n) is 8.26. The molecule has 0 radical (unpaired) electrons. The second-order valence-corrected chi connectivity index (χ2v) is 6.75. The number of aromatic nitrogens is 1. The Hall–Kier alpha value is -2.81. The highest BCUT2D eigenvalue weighted by molar-refractivity contribution is 5.93. The zero-order chi connectivity index (χ0) is 18.7. The molecule has 0 bridgehead atoms. The first-order valence-corrected chi connectivity index (χ1v) is 8.26. The molecular formula is C17H18FN3O5. The predicted molar refractivity (Wildman–Crippen MR) is 91.8 cm³/mol. The van der Waals surface area contributed by atoms with E-state index >= 15 is 0 Å². The Balaban J connectivity index is 2.01. The number of benzene rings is 1. The molecule has 0 amide bonds. The summed E-state index contributed by atoms with van der Waals surface area (Å²) < 4.78 is 27.0. The largest absolute Gasteiger partial charge is 0.511 e. The summed E-state index contributed by atoms with van der Waals surface area (Å²) in [6.07, 6.45) is -0.266. The maximum atomic E-state index is 14.9. The minimum atomic E-state index is -1.60. The number of ether oxygens (including phenoxy) is 2. The van der Waals surface area contributed by atoms with Crippen molar-refractivity contribution >= 4 is 22.7 Å². The molecule has 3 N–H and O–H groups in total. The van der Waals surface area contributed by atoms with Gasteiger partial charge in [0.15, 0.2) is 17.3 Å². The molecule has 2 aliphatic rings. The second kappa shape index (κ2) is 5.60. The molecule has 0 spiro atoms. The van der Waals surface area contributed by atoms with Crippen LogP contribution in [0.5, 0.6) is 11.5 Å². The van der Waals surface area contributed by atoms with Crippen LogP contribution in [0.15, 0.2) is 17.1 Å². The molecule has 0 unspecified atom stereocenters. The number of hydrogen-bond acceptors (Lipinski definition) is 6. The van der Waals surface area contributed by atoms with Gasteiger partial charge in [-0.15, -0.1) is 0 Å². The Bertz CT molecular complexity index is 989. The molecule has 8 nitrogen and oxygen atoms in total. The monoisotopic (exact) mass is 363 g/mol. The molecule has 0 saturated carbocycles. The van der Waals surface area contributed by atoms with Gasteiger partial charge >= 0.3 is 6.16 Å². The van der Waals surface area contributed by atoms with Crippen LogP contribution < -0.4 is 25.5 Å². The number of nitrogens with two attached hydrogens (primary N) is 1. The molecule has 3 heterocycles. The Kier molecular flexibility index (Phi) is 3.58. The molecule has 26 heavy (non-hydrogen) atoms. The van der Waals surface area contributed by atoms with E-state index in [1.165, 1.54) is 6.20 Å². The third-order valence-electron chi connectivity index (χ3n) is 5.11. The van der Waals surface area contributed by atoms with E-state index in [0.29, 0.717) is 12.1 Å². The Labute approximate surface area is 147 Å². The number of halogens is 1. The average Bonchev–Trinajstić information content (AvgIpc) is 2.59. The molecule has 1 aromatic heterocycles. The van der Waals surface area contributed by atoms with Crippen LogP contribution in [0, 0.1) is 5.82 Å². The van der Waals surface area contributed by atoms with Gasteiger partial charge in [-0.25, -0.2) is 9.18 Å². The van der Waals surface area contributed by atoms with Crippen LogP contribution in [-0.2, 0) is 0 Å². The zero-order valence-electron chi connectivity index (χ0n) is 14.2. The summed E-state index contributed by atoms with van der Waals surface area (Å²) in [5.41, 5.74) is 5.93. The van der Waals surface area contributed by atoms with Crippen LogP contribution in [0.4, 0.5) is 14.9 Å². The molecule has 0 aliphatic carbocycles. The normalized spacial score (nSPS) is 24.2. The molecule has 1 fully saturated rings. The van der Waals surface area contributed by atoms with Crippen molar-refractivity contribution in [1.29, 1.82) is 0 Å². The lowest BCUT2D eigenvalue weighted by Gasteiger charge is -2.47. The molecule has 138 valence electrons. The fourth-order valence-corrected chi connectivity index (χ4v) is 3.55. The van der Waals surface area contributed by atoms with Crippen molar-refractivity contribution < 1.29 is 23.8 Å². The van der Waals surface area contributed by atoms with Gasteiger partial charge in [-0.3, -0.25) is 4.79 Å². The fraction of sp³-hybridized carbons (Fsp3) is 0.412. The molecule has 1 aromatic carbocycles. The van der Waals surface area contributed by atoms with Crippen LogP contribution in [0.1, 0.15) is 19.9 Å². The van der Waals surface area contributed by atoms with Gasteiger partial charge in [-0.1, -0.05) is 0 Å². The number of rotatable bonds is 2. The number of anilines is 1. The predicted octanol–water partition coefficient (Wildman–Crippen LogP) is 1.69. The van der Waals surface area contributed by atoms with Crippen LogP contribution in [-0.4, -0.2) is 41.1 Å². The highest BCUT2D eigenvalue weighted by atomic mass is 19.1. The standard InChI is InChI=1S/C17H18FN3O5/c1-7-6-25-16-13-9(15(22)12(5-20(7)13)26-17(23)24)3-10(18)14(16)21-4-11(19)8(21)2/h3,5,7-8,11H,4,6,19H2,1-2H3,(H,23,24)/t7-,8+,11-/m0/s1. The van der Waals surface area contributed by atoms with Crippen molar-refractivity contribution in [3.63, 3.8) is 0 Å². The summed E-state index contributed by atoms with van der Waals surface area (Å²) >= 11 is 0. The quantitative estimate of drug-likeness (QED) is 0.782. The smallest absolute Gasteiger partial charge is 0.487 e. The Morgan fingerprint density at radius 3 is 2.81 bits per heavy atom. The van der Waals surface area contributed by atoms with E-state index in [0.717, 1.165) is 6.07 Å². The first kappa shape index (κ1) is 16.6. The third kappa shape index (κ3) is 2.23. The van der Waals surface area contributed by atoms with E-state index in [-0.39, 0.29) is 47.3 Å². The van der Waals surface area contributed by atoms with Gasteiger partial charge in [0, 0.05) is 18.6 Å². The third-order valence-corrected chi connectivity index (χ3v) is 5.11. The second-order valence-electron chi connectivity index (χ2n) is 6.75. The van der Waals surface area contributed by atoms with E-state index in [1.54, 1.807) is 9.47 Å². The summed E-state index contributed by atoms with van der Waals surface area (Å²) in [6, 6.07) is 0.806. The van der Waals surface area contributed by atoms with Gasteiger partial charge in [-0.2, -0.15) is 0 Å². The zero-order valence-corrected chi connectivity index (χ0v) is 14.2. The van der Waals surface area contributed by atoms with Gasteiger partial charge in [-0.05, 0) is 19.9 Å². The molecular weight excluding hydrogens is 345 g/mol. The summed E-state index contributed by atoms with van der Waals surface area (Å²) in [4.78, 5) is 25.3. The van der Waals surface area contributed by atoms with Gasteiger partial charge in [0.25, 0.3) is 0 Å². The maximum absolute atomic E-state index is 14.9. The fourth-order valence-electron chi connectivity index (χ4n) is 3.55. The molecule has 3 atom stereocenters. The number of pyridine rings is 1. The maximum Gasteiger partial charge on any atom is 0.511 e. The number of nitrogens with zero attached hydrogens (tertiary/aromatic N) is 2. The summed E-state index contributed by atoms with van der Waals surface area (Å²) in [5.74, 6) is -0.705. The SMILES string of the molecule is C[C@@H]1[C@@H](N)CN1c1c(F)cc2c(=O)c(OC(=O)O)cn3c2c1OC[C@@H]3C. The lowest BCUT2D eigenvalue weighted by molar-refractivity contribution is 0.143. The van der Waals surface area contributed by atoms with Crippen LogP contribution in [0.2, 0.25) is 0 Å². The van der Waals surface area contributed by atoms with Crippen molar-refractivity contribution in [3.8, 4) is 11.5 Å². The number of hydrogen-bond donors (Lipinski definition) is 2. The van der Waals surface area contributed by atoms with Crippen molar-refractivity contribution in [2.75, 3.05) is 18.1 Å². The van der Waals surface area contributed by atoms with Crippen molar-refractivity contribution in [3.05, 3.63) is 28.3 Å². The minimum absolute atomic E-state index is 0.0176. The van der Waals surface area contributed by atoms with E-state index in [1.807, 2.05) is 13.8 Å². The van der Waals surface area contributed by atoms with Crippen LogP contribution in [0.25, 0.3) is 10.9 Å². The van der Waals surface area contributed by atoms with E-state index in [9.17, 15) is 14.0 Å². The summed E-state index contributed by atoms with van der Waals surface area (Å²) in [6.45, 7) is 4.48. The van der Waals surface area contributed by atoms with Gasteiger partial charge < -0.3 is 29.8 Å². The summed E-state index contributed by atoms with van der Waals surface area (Å²) in [5, 5.41) is 8.86. The van der Waals surface area contributed by atoms with E-state index in [2.05, 4.69) is 4.74 Å². The van der Waals surface area contributed by atoms with Crippen molar-refractivity contribution in [2.24, 2.45) is 5.73 Å². The lowest BCUT2D eigenvalue weighted by Crippen LogP contribution is -2.63. The Morgan fingerprint density at radius 1 is 1.46 bits per heavy atom. The van der Waals surface area contributed by atoms with Gasteiger partial charge in [0.1, 0.15) is 12.3 Å².